The Morgan fingerprint density at radius 1 is 1.27 bits per heavy atom. The third kappa shape index (κ3) is 2.72. The van der Waals surface area contributed by atoms with Gasteiger partial charge in [0.25, 0.3) is 0 Å². The molecule has 1 aromatic rings. The lowest BCUT2D eigenvalue weighted by Crippen LogP contribution is -2.46. The molecule has 1 aliphatic heterocycles. The fraction of sp³-hybridized carbons (Fsp3) is 0.538. The summed E-state index contributed by atoms with van der Waals surface area (Å²) in [5.74, 6) is 0.955. The van der Waals surface area contributed by atoms with Crippen LogP contribution in [0.5, 0.6) is 0 Å². The number of nitrogens with two attached hydrogens (primary N) is 1. The van der Waals surface area contributed by atoms with Crippen LogP contribution in [-0.4, -0.2) is 24.5 Å². The van der Waals surface area contributed by atoms with Crippen LogP contribution >= 0.6 is 0 Å². The number of hydrogen-bond acceptors (Lipinski definition) is 2. The van der Waals surface area contributed by atoms with E-state index in [9.17, 15) is 0 Å². The molecule has 0 unspecified atom stereocenters. The Morgan fingerprint density at radius 2 is 1.93 bits per heavy atom. The number of likely N-dealkylation sites (tertiary alicyclic amines) is 1. The van der Waals surface area contributed by atoms with E-state index in [1.807, 2.05) is 12.1 Å². The van der Waals surface area contributed by atoms with E-state index in [1.54, 1.807) is 0 Å². The molecule has 0 atom stereocenters. The summed E-state index contributed by atoms with van der Waals surface area (Å²) in [6, 6.07) is 8.24. The van der Waals surface area contributed by atoms with E-state index >= 15 is 0 Å². The zero-order valence-electron chi connectivity index (χ0n) is 9.45. The summed E-state index contributed by atoms with van der Waals surface area (Å²) in [6.07, 6.45) is 2.48. The second-order valence-electron chi connectivity index (χ2n) is 4.53. The number of hydrogen-bond donors (Lipinski definition) is 1. The number of anilines is 1. The molecular weight excluding hydrogens is 184 g/mol. The van der Waals surface area contributed by atoms with Gasteiger partial charge in [-0.3, -0.25) is 0 Å². The quantitative estimate of drug-likeness (QED) is 0.761. The van der Waals surface area contributed by atoms with Gasteiger partial charge in [-0.25, -0.2) is 0 Å². The van der Waals surface area contributed by atoms with Gasteiger partial charge in [-0.1, -0.05) is 25.5 Å². The lowest BCUT2D eigenvalue weighted by molar-refractivity contribution is 0.0994. The van der Waals surface area contributed by atoms with Gasteiger partial charge in [-0.05, 0) is 30.0 Å². The average molecular weight is 204 g/mol. The van der Waals surface area contributed by atoms with Gasteiger partial charge < -0.3 is 10.6 Å². The Hall–Kier alpha value is -1.02. The number of nitrogen functional groups attached to an aromatic ring is 1. The van der Waals surface area contributed by atoms with Crippen molar-refractivity contribution in [3.63, 3.8) is 0 Å². The van der Waals surface area contributed by atoms with E-state index in [0.717, 1.165) is 18.0 Å². The summed E-state index contributed by atoms with van der Waals surface area (Å²) in [7, 11) is 0. The molecule has 1 fully saturated rings. The highest BCUT2D eigenvalue weighted by molar-refractivity contribution is 5.39. The molecule has 0 saturated carbocycles. The summed E-state index contributed by atoms with van der Waals surface area (Å²) in [6.45, 7) is 6.07. The molecule has 1 saturated heterocycles. The van der Waals surface area contributed by atoms with Crippen LogP contribution in [0.2, 0.25) is 0 Å². The SMILES string of the molecule is CCC1CN(CCc2ccc(N)cc2)C1. The Balaban J connectivity index is 1.72. The van der Waals surface area contributed by atoms with Crippen molar-refractivity contribution in [1.82, 2.24) is 4.90 Å². The van der Waals surface area contributed by atoms with E-state index in [-0.39, 0.29) is 0 Å². The third-order valence-electron chi connectivity index (χ3n) is 3.31. The standard InChI is InChI=1S/C13H20N2/c1-2-11-9-15(10-11)8-7-12-3-5-13(14)6-4-12/h3-6,11H,2,7-10,14H2,1H3. The molecule has 2 rings (SSSR count). The van der Waals surface area contributed by atoms with Crippen molar-refractivity contribution in [2.75, 3.05) is 25.4 Å². The molecule has 0 amide bonds. The van der Waals surface area contributed by atoms with Crippen LogP contribution in [0.3, 0.4) is 0 Å². The number of rotatable bonds is 4. The summed E-state index contributed by atoms with van der Waals surface area (Å²) in [5, 5.41) is 0. The van der Waals surface area contributed by atoms with Crippen LogP contribution in [-0.2, 0) is 6.42 Å². The smallest absolute Gasteiger partial charge is 0.0314 e. The van der Waals surface area contributed by atoms with Crippen LogP contribution in [0.15, 0.2) is 24.3 Å². The van der Waals surface area contributed by atoms with Gasteiger partial charge in [0.2, 0.25) is 0 Å². The largest absolute Gasteiger partial charge is 0.399 e. The van der Waals surface area contributed by atoms with E-state index in [0.29, 0.717) is 0 Å². The molecule has 15 heavy (non-hydrogen) atoms. The first-order valence-electron chi connectivity index (χ1n) is 5.84. The molecule has 1 aliphatic rings. The molecule has 2 heteroatoms. The van der Waals surface area contributed by atoms with Crippen LogP contribution in [0.4, 0.5) is 5.69 Å². The van der Waals surface area contributed by atoms with Gasteiger partial charge in [0.15, 0.2) is 0 Å². The van der Waals surface area contributed by atoms with Crippen molar-refractivity contribution >= 4 is 5.69 Å². The zero-order chi connectivity index (χ0) is 10.7. The highest BCUT2D eigenvalue weighted by atomic mass is 15.2. The highest BCUT2D eigenvalue weighted by Crippen LogP contribution is 2.18. The van der Waals surface area contributed by atoms with E-state index in [2.05, 4.69) is 24.0 Å². The predicted octanol–water partition coefficient (Wildman–Crippen LogP) is 2.15. The molecule has 82 valence electrons. The van der Waals surface area contributed by atoms with Crippen LogP contribution in [0.1, 0.15) is 18.9 Å². The summed E-state index contributed by atoms with van der Waals surface area (Å²) < 4.78 is 0. The predicted molar refractivity (Wildman–Crippen MR) is 64.8 cm³/mol. The Kier molecular flexibility index (Phi) is 3.27. The maximum Gasteiger partial charge on any atom is 0.0314 e. The van der Waals surface area contributed by atoms with Crippen molar-refractivity contribution in [1.29, 1.82) is 0 Å². The topological polar surface area (TPSA) is 29.3 Å². The van der Waals surface area contributed by atoms with Gasteiger partial charge in [0.1, 0.15) is 0 Å². The number of nitrogens with zero attached hydrogens (tertiary/aromatic N) is 1. The van der Waals surface area contributed by atoms with Crippen molar-refractivity contribution in [2.24, 2.45) is 5.92 Å². The zero-order valence-corrected chi connectivity index (χ0v) is 9.45. The van der Waals surface area contributed by atoms with Crippen LogP contribution in [0, 0.1) is 5.92 Å². The molecule has 2 N–H and O–H groups in total. The molecule has 0 aromatic heterocycles. The van der Waals surface area contributed by atoms with E-state index in [1.165, 1.54) is 31.6 Å². The minimum Gasteiger partial charge on any atom is -0.399 e. The molecule has 1 aromatic carbocycles. The normalized spacial score (nSPS) is 17.7. The van der Waals surface area contributed by atoms with E-state index in [4.69, 9.17) is 5.73 Å². The molecular formula is C13H20N2. The Morgan fingerprint density at radius 3 is 2.53 bits per heavy atom. The highest BCUT2D eigenvalue weighted by Gasteiger charge is 2.23. The maximum absolute atomic E-state index is 5.65. The first-order valence-corrected chi connectivity index (χ1v) is 5.84. The van der Waals surface area contributed by atoms with Crippen LogP contribution < -0.4 is 5.73 Å². The molecule has 0 spiro atoms. The van der Waals surface area contributed by atoms with Crippen molar-refractivity contribution in [3.8, 4) is 0 Å². The molecule has 2 nitrogen and oxygen atoms in total. The second kappa shape index (κ2) is 4.67. The molecule has 0 bridgehead atoms. The minimum absolute atomic E-state index is 0.855. The molecule has 0 aliphatic carbocycles. The summed E-state index contributed by atoms with van der Waals surface area (Å²) in [5.41, 5.74) is 7.89. The van der Waals surface area contributed by atoms with Crippen LogP contribution in [0.25, 0.3) is 0 Å². The Labute approximate surface area is 92.1 Å². The van der Waals surface area contributed by atoms with Gasteiger partial charge in [-0.15, -0.1) is 0 Å². The van der Waals surface area contributed by atoms with Crippen molar-refractivity contribution in [3.05, 3.63) is 29.8 Å². The molecule has 1 heterocycles. The lowest BCUT2D eigenvalue weighted by atomic mass is 9.97. The average Bonchev–Trinajstić information content (AvgIpc) is 2.19. The van der Waals surface area contributed by atoms with E-state index < -0.39 is 0 Å². The fourth-order valence-corrected chi connectivity index (χ4v) is 2.09. The summed E-state index contributed by atoms with van der Waals surface area (Å²) >= 11 is 0. The third-order valence-corrected chi connectivity index (χ3v) is 3.31. The van der Waals surface area contributed by atoms with Gasteiger partial charge >= 0.3 is 0 Å². The fourth-order valence-electron chi connectivity index (χ4n) is 2.09. The monoisotopic (exact) mass is 204 g/mol. The molecule has 0 radical (unpaired) electrons. The first kappa shape index (κ1) is 10.5. The summed E-state index contributed by atoms with van der Waals surface area (Å²) in [4.78, 5) is 2.53. The van der Waals surface area contributed by atoms with Gasteiger partial charge in [0, 0.05) is 25.3 Å². The minimum atomic E-state index is 0.855. The van der Waals surface area contributed by atoms with Gasteiger partial charge in [0.05, 0.1) is 0 Å². The van der Waals surface area contributed by atoms with Crippen molar-refractivity contribution in [2.45, 2.75) is 19.8 Å². The second-order valence-corrected chi connectivity index (χ2v) is 4.53. The van der Waals surface area contributed by atoms with Gasteiger partial charge in [-0.2, -0.15) is 0 Å². The van der Waals surface area contributed by atoms with Crippen molar-refractivity contribution < 1.29 is 0 Å². The maximum atomic E-state index is 5.65. The number of benzene rings is 1. The Bertz CT molecular complexity index is 299. The lowest BCUT2D eigenvalue weighted by Gasteiger charge is -2.38. The first-order chi connectivity index (χ1) is 7.28.